The smallest absolute Gasteiger partial charge is 0.137 e. The van der Waals surface area contributed by atoms with E-state index < -0.39 is 6.10 Å². The molecule has 1 aliphatic heterocycles. The molecule has 0 radical (unpaired) electrons. The molecule has 0 aromatic heterocycles. The molecule has 1 heterocycles. The summed E-state index contributed by atoms with van der Waals surface area (Å²) in [5.74, 6) is 0.801. The molecular weight excluding hydrogens is 378 g/mol. The second kappa shape index (κ2) is 8.84. The summed E-state index contributed by atoms with van der Waals surface area (Å²) in [7, 11) is 0. The molecule has 0 amide bonds. The summed E-state index contributed by atoms with van der Waals surface area (Å²) in [5.41, 5.74) is 1.35. The Balaban J connectivity index is 1.60. The zero-order valence-electron chi connectivity index (χ0n) is 14.6. The van der Waals surface area contributed by atoms with Crippen molar-refractivity contribution in [2.75, 3.05) is 26.2 Å². The molecule has 1 N–H and O–H groups in total. The van der Waals surface area contributed by atoms with E-state index in [4.69, 9.17) is 4.74 Å². The maximum atomic E-state index is 10.6. The van der Waals surface area contributed by atoms with Gasteiger partial charge in [0, 0.05) is 10.0 Å². The number of rotatable bonds is 7. The first-order valence-electron chi connectivity index (χ1n) is 9.11. The second-order valence-electron chi connectivity index (χ2n) is 7.09. The van der Waals surface area contributed by atoms with E-state index in [2.05, 4.69) is 46.3 Å². The molecule has 4 heteroatoms. The van der Waals surface area contributed by atoms with Crippen molar-refractivity contribution < 1.29 is 14.3 Å². The van der Waals surface area contributed by atoms with Crippen molar-refractivity contribution in [1.82, 2.24) is 0 Å². The predicted molar refractivity (Wildman–Crippen MR) is 105 cm³/mol. The number of likely N-dealkylation sites (tertiary alicyclic amines) is 1. The molecule has 1 saturated heterocycles. The third kappa shape index (κ3) is 5.56. The number of quaternary nitrogens is 1. The van der Waals surface area contributed by atoms with Crippen LogP contribution < -0.4 is 4.74 Å². The highest BCUT2D eigenvalue weighted by molar-refractivity contribution is 9.10. The fourth-order valence-electron chi connectivity index (χ4n) is 3.78. The summed E-state index contributed by atoms with van der Waals surface area (Å²) in [6.45, 7) is 4.38. The van der Waals surface area contributed by atoms with Gasteiger partial charge in [0.1, 0.15) is 31.5 Å². The van der Waals surface area contributed by atoms with E-state index in [0.29, 0.717) is 6.61 Å². The quantitative estimate of drug-likeness (QED) is 0.693. The molecule has 1 atom stereocenters. The highest BCUT2D eigenvalue weighted by Gasteiger charge is 2.32. The zero-order valence-corrected chi connectivity index (χ0v) is 16.2. The lowest BCUT2D eigenvalue weighted by Gasteiger charge is -2.42. The fraction of sp³-hybridized carbons (Fsp3) is 0.429. The van der Waals surface area contributed by atoms with Gasteiger partial charge in [-0.2, -0.15) is 0 Å². The molecule has 0 unspecified atom stereocenters. The first kappa shape index (κ1) is 18.4. The molecule has 134 valence electrons. The number of ether oxygens (including phenoxy) is 1. The van der Waals surface area contributed by atoms with E-state index in [1.54, 1.807) is 0 Å². The normalized spacial score (nSPS) is 17.8. The average Bonchev–Trinajstić information content (AvgIpc) is 2.63. The number of nitrogens with zero attached hydrogens (tertiary/aromatic N) is 1. The number of aliphatic hydroxyl groups excluding tert-OH is 1. The monoisotopic (exact) mass is 404 g/mol. The SMILES string of the molecule is O[C@@H](COc1ccc(Br)cc1)C[N+]1(Cc2ccccc2)CCCCC1. The van der Waals surface area contributed by atoms with Crippen molar-refractivity contribution in [3.05, 3.63) is 64.6 Å². The summed E-state index contributed by atoms with van der Waals surface area (Å²) in [6, 6.07) is 18.4. The molecule has 2 aromatic rings. The Morgan fingerprint density at radius 2 is 1.64 bits per heavy atom. The van der Waals surface area contributed by atoms with Crippen LogP contribution in [0.4, 0.5) is 0 Å². The second-order valence-corrected chi connectivity index (χ2v) is 8.01. The number of aliphatic hydroxyl groups is 1. The van der Waals surface area contributed by atoms with E-state index in [1.165, 1.54) is 24.8 Å². The number of piperidine rings is 1. The maximum absolute atomic E-state index is 10.6. The maximum Gasteiger partial charge on any atom is 0.137 e. The van der Waals surface area contributed by atoms with Crippen molar-refractivity contribution in [3.8, 4) is 5.75 Å². The molecule has 1 aliphatic rings. The number of halogens is 1. The van der Waals surface area contributed by atoms with Crippen molar-refractivity contribution in [3.63, 3.8) is 0 Å². The lowest BCUT2D eigenvalue weighted by Crippen LogP contribution is -2.55. The average molecular weight is 405 g/mol. The lowest BCUT2D eigenvalue weighted by atomic mass is 10.0. The molecule has 3 rings (SSSR count). The van der Waals surface area contributed by atoms with Gasteiger partial charge in [-0.15, -0.1) is 0 Å². The lowest BCUT2D eigenvalue weighted by molar-refractivity contribution is -0.947. The van der Waals surface area contributed by atoms with Crippen LogP contribution in [-0.2, 0) is 6.54 Å². The van der Waals surface area contributed by atoms with Gasteiger partial charge in [-0.25, -0.2) is 0 Å². The molecule has 1 fully saturated rings. The molecule has 3 nitrogen and oxygen atoms in total. The molecule has 2 aromatic carbocycles. The van der Waals surface area contributed by atoms with Crippen molar-refractivity contribution in [2.45, 2.75) is 31.9 Å². The number of benzene rings is 2. The largest absolute Gasteiger partial charge is 0.491 e. The van der Waals surface area contributed by atoms with Gasteiger partial charge < -0.3 is 14.3 Å². The Bertz CT molecular complexity index is 639. The van der Waals surface area contributed by atoms with Gasteiger partial charge in [-0.3, -0.25) is 0 Å². The molecule has 0 spiro atoms. The summed E-state index contributed by atoms with van der Waals surface area (Å²) >= 11 is 3.42. The van der Waals surface area contributed by atoms with Gasteiger partial charge in [0.2, 0.25) is 0 Å². The topological polar surface area (TPSA) is 29.5 Å². The summed E-state index contributed by atoms with van der Waals surface area (Å²) in [6.07, 6.45) is 3.34. The van der Waals surface area contributed by atoms with Crippen LogP contribution in [0.2, 0.25) is 0 Å². The minimum atomic E-state index is -0.453. The van der Waals surface area contributed by atoms with Gasteiger partial charge in [-0.05, 0) is 43.5 Å². The van der Waals surface area contributed by atoms with Crippen LogP contribution in [0.25, 0.3) is 0 Å². The van der Waals surface area contributed by atoms with Crippen molar-refractivity contribution >= 4 is 15.9 Å². The van der Waals surface area contributed by atoms with E-state index in [-0.39, 0.29) is 0 Å². The third-order valence-corrected chi connectivity index (χ3v) is 5.51. The minimum absolute atomic E-state index is 0.344. The highest BCUT2D eigenvalue weighted by Crippen LogP contribution is 2.24. The predicted octanol–water partition coefficient (Wildman–Crippen LogP) is 4.39. The fourth-order valence-corrected chi connectivity index (χ4v) is 4.05. The molecule has 25 heavy (non-hydrogen) atoms. The standard InChI is InChI=1S/C21H27BrNO2/c22-19-9-11-21(12-10-19)25-17-20(24)16-23(13-5-2-6-14-23)15-18-7-3-1-4-8-18/h1,3-4,7-12,20,24H,2,5-6,13-17H2/q+1/t20-/m1/s1. The molecule has 0 bridgehead atoms. The van der Waals surface area contributed by atoms with Gasteiger partial charge >= 0.3 is 0 Å². The highest BCUT2D eigenvalue weighted by atomic mass is 79.9. The molecule has 0 aliphatic carbocycles. The Kier molecular flexibility index (Phi) is 6.51. The number of hydrogen-bond acceptors (Lipinski definition) is 2. The Morgan fingerprint density at radius 3 is 2.32 bits per heavy atom. The van der Waals surface area contributed by atoms with Crippen LogP contribution in [0.15, 0.2) is 59.1 Å². The first-order valence-corrected chi connectivity index (χ1v) is 9.90. The number of hydrogen-bond donors (Lipinski definition) is 1. The van der Waals surface area contributed by atoms with E-state index in [9.17, 15) is 5.11 Å². The minimum Gasteiger partial charge on any atom is -0.491 e. The summed E-state index contributed by atoms with van der Waals surface area (Å²) < 4.78 is 7.77. The van der Waals surface area contributed by atoms with Gasteiger partial charge in [0.15, 0.2) is 0 Å². The van der Waals surface area contributed by atoms with Crippen LogP contribution in [0, 0.1) is 0 Å². The van der Waals surface area contributed by atoms with Crippen molar-refractivity contribution in [2.24, 2.45) is 0 Å². The van der Waals surface area contributed by atoms with Crippen LogP contribution in [0.3, 0.4) is 0 Å². The third-order valence-electron chi connectivity index (χ3n) is 4.98. The Hall–Kier alpha value is -1.36. The molecule has 0 saturated carbocycles. The molecular formula is C21H27BrNO2+. The van der Waals surface area contributed by atoms with E-state index in [0.717, 1.165) is 40.9 Å². The van der Waals surface area contributed by atoms with Crippen molar-refractivity contribution in [1.29, 1.82) is 0 Å². The summed E-state index contributed by atoms with van der Waals surface area (Å²) in [4.78, 5) is 0. The van der Waals surface area contributed by atoms with Gasteiger partial charge in [-0.1, -0.05) is 46.3 Å². The van der Waals surface area contributed by atoms with Crippen LogP contribution in [0.5, 0.6) is 5.75 Å². The van der Waals surface area contributed by atoms with Gasteiger partial charge in [0.05, 0.1) is 13.1 Å². The van der Waals surface area contributed by atoms with Gasteiger partial charge in [0.25, 0.3) is 0 Å². The Morgan fingerprint density at radius 1 is 0.960 bits per heavy atom. The van der Waals surface area contributed by atoms with E-state index in [1.807, 2.05) is 24.3 Å². The Labute approximate surface area is 159 Å². The van der Waals surface area contributed by atoms with E-state index >= 15 is 0 Å². The van der Waals surface area contributed by atoms with Crippen LogP contribution in [0.1, 0.15) is 24.8 Å². The first-order chi connectivity index (χ1) is 12.2. The van der Waals surface area contributed by atoms with Crippen LogP contribution in [-0.4, -0.2) is 41.9 Å². The zero-order chi connectivity index (χ0) is 17.5. The van der Waals surface area contributed by atoms with Crippen LogP contribution >= 0.6 is 15.9 Å². The summed E-state index contributed by atoms with van der Waals surface area (Å²) in [5, 5.41) is 10.6.